The first kappa shape index (κ1) is 16.7. The molecule has 5 nitrogen and oxygen atoms in total. The zero-order valence-corrected chi connectivity index (χ0v) is 14.0. The molecule has 4 unspecified atom stereocenters. The third kappa shape index (κ3) is 4.19. The number of hydrogen-bond acceptors (Lipinski definition) is 3. The number of carbonyl (C=O) groups excluding carboxylic acids is 1. The Hall–Kier alpha value is -0.620. The molecule has 2 rings (SSSR count). The van der Waals surface area contributed by atoms with E-state index < -0.39 is 10.8 Å². The van der Waals surface area contributed by atoms with Gasteiger partial charge in [-0.25, -0.2) is 4.79 Å². The van der Waals surface area contributed by atoms with Crippen LogP contribution >= 0.6 is 0 Å². The molecular weight excluding hydrogens is 288 g/mol. The van der Waals surface area contributed by atoms with Crippen molar-refractivity contribution in [1.82, 2.24) is 10.2 Å². The topological polar surface area (TPSA) is 58.6 Å². The fourth-order valence-electron chi connectivity index (χ4n) is 3.29. The SMILES string of the molecule is CCC1COCCN1C(=O)NC1CCCCC1S(=O)CC. The lowest BCUT2D eigenvalue weighted by molar-refractivity contribution is 0.0105. The maximum Gasteiger partial charge on any atom is 0.318 e. The van der Waals surface area contributed by atoms with Gasteiger partial charge in [0.15, 0.2) is 0 Å². The maximum absolute atomic E-state index is 12.6. The second-order valence-electron chi connectivity index (χ2n) is 5.88. The summed E-state index contributed by atoms with van der Waals surface area (Å²) in [7, 11) is -0.833. The van der Waals surface area contributed by atoms with Gasteiger partial charge in [0, 0.05) is 29.1 Å². The molecule has 21 heavy (non-hydrogen) atoms. The maximum atomic E-state index is 12.6. The van der Waals surface area contributed by atoms with Crippen LogP contribution in [0.2, 0.25) is 0 Å². The monoisotopic (exact) mass is 316 g/mol. The number of nitrogens with zero attached hydrogens (tertiary/aromatic N) is 1. The molecule has 0 spiro atoms. The highest BCUT2D eigenvalue weighted by Crippen LogP contribution is 2.23. The summed E-state index contributed by atoms with van der Waals surface area (Å²) in [5, 5.41) is 3.28. The van der Waals surface area contributed by atoms with Crippen LogP contribution in [0.1, 0.15) is 46.0 Å². The molecule has 122 valence electrons. The van der Waals surface area contributed by atoms with Gasteiger partial charge >= 0.3 is 6.03 Å². The number of nitrogens with one attached hydrogen (secondary N) is 1. The molecule has 0 aromatic rings. The fraction of sp³-hybridized carbons (Fsp3) is 0.933. The van der Waals surface area contributed by atoms with Crippen molar-refractivity contribution in [3.05, 3.63) is 0 Å². The minimum Gasteiger partial charge on any atom is -0.377 e. The Morgan fingerprint density at radius 2 is 2.10 bits per heavy atom. The first-order chi connectivity index (χ1) is 10.2. The van der Waals surface area contributed by atoms with Gasteiger partial charge in [0.2, 0.25) is 0 Å². The molecule has 0 bridgehead atoms. The molecule has 1 heterocycles. The van der Waals surface area contributed by atoms with Crippen LogP contribution in [0.25, 0.3) is 0 Å². The molecule has 1 N–H and O–H groups in total. The number of hydrogen-bond donors (Lipinski definition) is 1. The van der Waals surface area contributed by atoms with Crippen LogP contribution in [0, 0.1) is 0 Å². The molecule has 1 aliphatic heterocycles. The normalized spacial score (nSPS) is 31.7. The van der Waals surface area contributed by atoms with Gasteiger partial charge in [0.05, 0.1) is 24.5 Å². The molecule has 2 fully saturated rings. The summed E-state index contributed by atoms with van der Waals surface area (Å²) in [6, 6.07) is 0.222. The average Bonchev–Trinajstić information content (AvgIpc) is 2.54. The van der Waals surface area contributed by atoms with Crippen LogP contribution in [-0.4, -0.2) is 58.0 Å². The minimum atomic E-state index is -0.833. The highest BCUT2D eigenvalue weighted by Gasteiger charge is 2.33. The van der Waals surface area contributed by atoms with Crippen LogP contribution in [0.15, 0.2) is 0 Å². The largest absolute Gasteiger partial charge is 0.377 e. The van der Waals surface area contributed by atoms with Gasteiger partial charge in [-0.1, -0.05) is 26.7 Å². The predicted octanol–water partition coefficient (Wildman–Crippen LogP) is 1.89. The second kappa shape index (κ2) is 8.13. The van der Waals surface area contributed by atoms with E-state index in [1.54, 1.807) is 0 Å². The molecule has 6 heteroatoms. The zero-order chi connectivity index (χ0) is 15.2. The highest BCUT2D eigenvalue weighted by atomic mass is 32.2. The van der Waals surface area contributed by atoms with Crippen molar-refractivity contribution in [3.8, 4) is 0 Å². The number of amides is 2. The number of ether oxygens (including phenoxy) is 1. The van der Waals surface area contributed by atoms with Crippen molar-refractivity contribution in [1.29, 1.82) is 0 Å². The molecule has 1 saturated heterocycles. The molecule has 0 radical (unpaired) electrons. The molecular formula is C15H28N2O3S. The lowest BCUT2D eigenvalue weighted by Crippen LogP contribution is -2.57. The van der Waals surface area contributed by atoms with Gasteiger partial charge in [0.25, 0.3) is 0 Å². The summed E-state index contributed by atoms with van der Waals surface area (Å²) in [6.45, 7) is 5.92. The lowest BCUT2D eigenvalue weighted by Gasteiger charge is -2.38. The fourth-order valence-corrected chi connectivity index (χ4v) is 4.72. The Balaban J connectivity index is 1.97. The Labute approximate surface area is 130 Å². The summed E-state index contributed by atoms with van der Waals surface area (Å²) in [5.74, 6) is 0.673. The standard InChI is InChI=1S/C15H28N2O3S/c1-3-12-11-20-10-9-17(12)15(18)16-13-7-5-6-8-14(13)21(19)4-2/h12-14H,3-11H2,1-2H3,(H,16,18). The van der Waals surface area contributed by atoms with Crippen LogP contribution in [0.5, 0.6) is 0 Å². The van der Waals surface area contributed by atoms with Gasteiger partial charge in [0.1, 0.15) is 0 Å². The van der Waals surface area contributed by atoms with Crippen molar-refractivity contribution >= 4 is 16.8 Å². The summed E-state index contributed by atoms with van der Waals surface area (Å²) < 4.78 is 17.6. The van der Waals surface area contributed by atoms with Gasteiger partial charge < -0.3 is 15.0 Å². The number of urea groups is 1. The van der Waals surface area contributed by atoms with Crippen LogP contribution in [0.3, 0.4) is 0 Å². The highest BCUT2D eigenvalue weighted by molar-refractivity contribution is 7.85. The first-order valence-corrected chi connectivity index (χ1v) is 9.57. The lowest BCUT2D eigenvalue weighted by atomic mass is 9.95. The molecule has 1 aliphatic carbocycles. The summed E-state index contributed by atoms with van der Waals surface area (Å²) in [4.78, 5) is 14.4. The quantitative estimate of drug-likeness (QED) is 0.861. The third-order valence-corrected chi connectivity index (χ3v) is 6.40. The Bertz CT molecular complexity index is 378. The summed E-state index contributed by atoms with van der Waals surface area (Å²) in [6.07, 6.45) is 5.05. The van der Waals surface area contributed by atoms with E-state index in [4.69, 9.17) is 4.74 Å². The summed E-state index contributed by atoms with van der Waals surface area (Å²) >= 11 is 0. The van der Waals surface area contributed by atoms with Crippen molar-refractivity contribution in [2.45, 2.75) is 63.3 Å². The van der Waals surface area contributed by atoms with E-state index >= 15 is 0 Å². The van der Waals surface area contributed by atoms with E-state index in [9.17, 15) is 9.00 Å². The van der Waals surface area contributed by atoms with Crippen LogP contribution in [0.4, 0.5) is 4.79 Å². The van der Waals surface area contributed by atoms with Crippen molar-refractivity contribution in [3.63, 3.8) is 0 Å². The van der Waals surface area contributed by atoms with E-state index in [2.05, 4.69) is 12.2 Å². The average molecular weight is 316 g/mol. The number of carbonyl (C=O) groups is 1. The Kier molecular flexibility index (Phi) is 6.48. The van der Waals surface area contributed by atoms with Crippen molar-refractivity contribution in [2.75, 3.05) is 25.5 Å². The van der Waals surface area contributed by atoms with Gasteiger partial charge in [-0.05, 0) is 19.3 Å². The van der Waals surface area contributed by atoms with Gasteiger partial charge in [-0.15, -0.1) is 0 Å². The van der Waals surface area contributed by atoms with E-state index in [0.29, 0.717) is 25.5 Å². The molecule has 0 aromatic heterocycles. The predicted molar refractivity (Wildman–Crippen MR) is 84.9 cm³/mol. The van der Waals surface area contributed by atoms with Gasteiger partial charge in [-0.2, -0.15) is 0 Å². The smallest absolute Gasteiger partial charge is 0.318 e. The van der Waals surface area contributed by atoms with Crippen molar-refractivity contribution < 1.29 is 13.7 Å². The second-order valence-corrected chi connectivity index (χ2v) is 7.82. The number of morpholine rings is 1. The van der Waals surface area contributed by atoms with Crippen molar-refractivity contribution in [2.24, 2.45) is 0 Å². The third-order valence-electron chi connectivity index (χ3n) is 4.59. The molecule has 2 aliphatic rings. The van der Waals surface area contributed by atoms with Crippen LogP contribution < -0.4 is 5.32 Å². The van der Waals surface area contributed by atoms with Gasteiger partial charge in [-0.3, -0.25) is 4.21 Å². The minimum absolute atomic E-state index is 0.00449. The Morgan fingerprint density at radius 3 is 2.81 bits per heavy atom. The Morgan fingerprint density at radius 1 is 1.33 bits per heavy atom. The van der Waals surface area contributed by atoms with Crippen LogP contribution in [-0.2, 0) is 15.5 Å². The zero-order valence-electron chi connectivity index (χ0n) is 13.2. The summed E-state index contributed by atoms with van der Waals surface area (Å²) in [5.41, 5.74) is 0. The number of rotatable bonds is 4. The van der Waals surface area contributed by atoms with E-state index in [1.807, 2.05) is 11.8 Å². The molecule has 4 atom stereocenters. The molecule has 2 amide bonds. The molecule has 1 saturated carbocycles. The first-order valence-electron chi connectivity index (χ1n) is 8.19. The van der Waals surface area contributed by atoms with E-state index in [0.717, 1.165) is 32.1 Å². The molecule has 0 aromatic carbocycles. The van der Waals surface area contributed by atoms with E-state index in [-0.39, 0.29) is 23.4 Å². The van der Waals surface area contributed by atoms with E-state index in [1.165, 1.54) is 0 Å².